The Hall–Kier alpha value is -4.26. The van der Waals surface area contributed by atoms with Crippen molar-refractivity contribution in [2.24, 2.45) is 0 Å². The molecule has 0 fully saturated rings. The number of methoxy groups -OCH3 is 1. The number of carbonyl (C=O) groups excluding carboxylic acids is 2. The van der Waals surface area contributed by atoms with Crippen LogP contribution in [0.3, 0.4) is 0 Å². The maximum absolute atomic E-state index is 13.6. The minimum absolute atomic E-state index is 0.150. The highest BCUT2D eigenvalue weighted by atomic mass is 19.3. The lowest BCUT2D eigenvalue weighted by atomic mass is 10.1. The molecule has 0 aliphatic carbocycles. The Morgan fingerprint density at radius 2 is 1.97 bits per heavy atom. The number of nitriles is 1. The summed E-state index contributed by atoms with van der Waals surface area (Å²) in [7, 11) is 1.43. The molecule has 10 heteroatoms. The van der Waals surface area contributed by atoms with Crippen molar-refractivity contribution in [2.75, 3.05) is 17.3 Å². The van der Waals surface area contributed by atoms with Gasteiger partial charge in [0.2, 0.25) is 0 Å². The van der Waals surface area contributed by atoms with Gasteiger partial charge in [-0.05, 0) is 37.3 Å². The second-order valence-corrected chi connectivity index (χ2v) is 8.03. The van der Waals surface area contributed by atoms with Crippen LogP contribution in [0.5, 0.6) is 5.75 Å². The molecule has 0 unspecified atom stereocenters. The highest BCUT2D eigenvalue weighted by Gasteiger charge is 2.35. The molecule has 0 saturated carbocycles. The zero-order valence-corrected chi connectivity index (χ0v) is 18.7. The fourth-order valence-electron chi connectivity index (χ4n) is 3.90. The van der Waals surface area contributed by atoms with Gasteiger partial charge in [0.15, 0.2) is 0 Å². The number of ether oxygens (including phenoxy) is 1. The van der Waals surface area contributed by atoms with E-state index >= 15 is 0 Å². The minimum atomic E-state index is -2.99. The SMILES string of the molecule is COc1ccc(C(=O)Nc2cnn3c2C(=O)N(c2ccc(C(C)(F)F)cc2)[C@@H](C)C3)cc1C#N. The third-order valence-electron chi connectivity index (χ3n) is 5.62. The molecule has 34 heavy (non-hydrogen) atoms. The van der Waals surface area contributed by atoms with Crippen molar-refractivity contribution in [3.05, 3.63) is 71.0 Å². The zero-order chi connectivity index (χ0) is 24.6. The van der Waals surface area contributed by atoms with Gasteiger partial charge < -0.3 is 15.0 Å². The molecule has 2 amide bonds. The second kappa shape index (κ2) is 8.59. The third kappa shape index (κ3) is 4.08. The van der Waals surface area contributed by atoms with Crippen molar-refractivity contribution in [1.29, 1.82) is 5.26 Å². The summed E-state index contributed by atoms with van der Waals surface area (Å²) >= 11 is 0. The molecule has 4 rings (SSSR count). The Balaban J connectivity index is 1.62. The van der Waals surface area contributed by atoms with Crippen LogP contribution >= 0.6 is 0 Å². The third-order valence-corrected chi connectivity index (χ3v) is 5.62. The van der Waals surface area contributed by atoms with Gasteiger partial charge in [-0.2, -0.15) is 10.4 Å². The molecule has 2 heterocycles. The largest absolute Gasteiger partial charge is 0.495 e. The normalized spacial score (nSPS) is 15.5. The van der Waals surface area contributed by atoms with E-state index < -0.39 is 17.7 Å². The Morgan fingerprint density at radius 3 is 2.59 bits per heavy atom. The van der Waals surface area contributed by atoms with E-state index in [1.807, 2.05) is 13.0 Å². The standard InChI is InChI=1S/C24H21F2N5O3/c1-14-13-30-21(23(33)31(14)18-7-5-17(6-8-18)24(2,25)26)19(12-28-30)29-22(32)15-4-9-20(34-3)16(10-15)11-27/h4-10,12,14H,13H2,1-3H3,(H,29,32)/t14-/m0/s1. The summed E-state index contributed by atoms with van der Waals surface area (Å²) in [5.41, 5.74) is 1.10. The molecule has 0 bridgehead atoms. The van der Waals surface area contributed by atoms with Gasteiger partial charge in [-0.1, -0.05) is 12.1 Å². The first-order chi connectivity index (χ1) is 16.1. The fraction of sp³-hybridized carbons (Fsp3) is 0.250. The summed E-state index contributed by atoms with van der Waals surface area (Å²) in [6.45, 7) is 2.99. The van der Waals surface area contributed by atoms with Crippen LogP contribution in [-0.2, 0) is 12.5 Å². The van der Waals surface area contributed by atoms with Crippen molar-refractivity contribution in [1.82, 2.24) is 9.78 Å². The topological polar surface area (TPSA) is 100 Å². The average molecular weight is 465 g/mol. The summed E-state index contributed by atoms with van der Waals surface area (Å²) < 4.78 is 33.8. The van der Waals surface area contributed by atoms with Crippen molar-refractivity contribution in [2.45, 2.75) is 32.4 Å². The van der Waals surface area contributed by atoms with E-state index in [0.29, 0.717) is 18.0 Å². The lowest BCUT2D eigenvalue weighted by molar-refractivity contribution is 0.0175. The molecule has 0 saturated heterocycles. The number of hydrogen-bond donors (Lipinski definition) is 1. The van der Waals surface area contributed by atoms with E-state index in [0.717, 1.165) is 6.92 Å². The Bertz CT molecular complexity index is 1310. The number of amides is 2. The number of aromatic nitrogens is 2. The molecular weight excluding hydrogens is 444 g/mol. The van der Waals surface area contributed by atoms with Crippen LogP contribution in [0.1, 0.15) is 45.8 Å². The fourth-order valence-corrected chi connectivity index (χ4v) is 3.90. The molecule has 0 radical (unpaired) electrons. The summed E-state index contributed by atoms with van der Waals surface area (Å²) in [5.74, 6) is -3.59. The number of rotatable bonds is 5. The molecule has 1 N–H and O–H groups in total. The molecule has 174 valence electrons. The Morgan fingerprint density at radius 1 is 1.26 bits per heavy atom. The predicted octanol–water partition coefficient (Wildman–Crippen LogP) is 4.18. The van der Waals surface area contributed by atoms with Crippen molar-refractivity contribution < 1.29 is 23.1 Å². The number of nitrogens with zero attached hydrogens (tertiary/aromatic N) is 4. The van der Waals surface area contributed by atoms with Gasteiger partial charge in [-0.25, -0.2) is 8.78 Å². The van der Waals surface area contributed by atoms with Crippen molar-refractivity contribution >= 4 is 23.2 Å². The van der Waals surface area contributed by atoms with Crippen LogP contribution in [0, 0.1) is 11.3 Å². The molecule has 2 aromatic carbocycles. The first kappa shape index (κ1) is 22.9. The Labute approximate surface area is 194 Å². The highest BCUT2D eigenvalue weighted by Crippen LogP contribution is 2.32. The van der Waals surface area contributed by atoms with Crippen LogP contribution in [0.2, 0.25) is 0 Å². The minimum Gasteiger partial charge on any atom is -0.495 e. The van der Waals surface area contributed by atoms with Crippen LogP contribution < -0.4 is 15.0 Å². The molecule has 8 nitrogen and oxygen atoms in total. The molecule has 1 aliphatic heterocycles. The van der Waals surface area contributed by atoms with Crippen LogP contribution in [-0.4, -0.2) is 34.7 Å². The molecule has 3 aromatic rings. The lowest BCUT2D eigenvalue weighted by Crippen LogP contribution is -2.47. The van der Waals surface area contributed by atoms with E-state index in [1.54, 1.807) is 0 Å². The number of nitrogens with one attached hydrogen (secondary N) is 1. The molecular formula is C24H21F2N5O3. The smallest absolute Gasteiger partial charge is 0.279 e. The summed E-state index contributed by atoms with van der Waals surface area (Å²) in [6.07, 6.45) is 1.39. The molecule has 1 aliphatic rings. The van der Waals surface area contributed by atoms with Crippen LogP contribution in [0.25, 0.3) is 0 Å². The Kier molecular flexibility index (Phi) is 5.79. The first-order valence-electron chi connectivity index (χ1n) is 10.4. The molecule has 1 aromatic heterocycles. The number of carbonyl (C=O) groups is 2. The molecule has 1 atom stereocenters. The number of hydrogen-bond acceptors (Lipinski definition) is 5. The predicted molar refractivity (Wildman–Crippen MR) is 120 cm³/mol. The maximum Gasteiger partial charge on any atom is 0.279 e. The molecule has 0 spiro atoms. The van der Waals surface area contributed by atoms with E-state index in [-0.39, 0.29) is 34.1 Å². The second-order valence-electron chi connectivity index (χ2n) is 8.03. The maximum atomic E-state index is 13.6. The van der Waals surface area contributed by atoms with Gasteiger partial charge in [0.25, 0.3) is 17.7 Å². The highest BCUT2D eigenvalue weighted by molar-refractivity contribution is 6.13. The zero-order valence-electron chi connectivity index (χ0n) is 18.7. The summed E-state index contributed by atoms with van der Waals surface area (Å²) in [4.78, 5) is 27.7. The van der Waals surface area contributed by atoms with Gasteiger partial charge in [0.1, 0.15) is 17.5 Å². The van der Waals surface area contributed by atoms with E-state index in [1.165, 1.54) is 65.4 Å². The van der Waals surface area contributed by atoms with Crippen molar-refractivity contribution in [3.63, 3.8) is 0 Å². The van der Waals surface area contributed by atoms with Gasteiger partial charge in [0, 0.05) is 23.7 Å². The number of fused-ring (bicyclic) bond motifs is 1. The van der Waals surface area contributed by atoms with Gasteiger partial charge in [0.05, 0.1) is 37.1 Å². The van der Waals surface area contributed by atoms with Gasteiger partial charge in [-0.3, -0.25) is 14.3 Å². The van der Waals surface area contributed by atoms with Gasteiger partial charge in [-0.15, -0.1) is 0 Å². The van der Waals surface area contributed by atoms with Crippen LogP contribution in [0.15, 0.2) is 48.7 Å². The summed E-state index contributed by atoms with van der Waals surface area (Å²) in [6, 6.07) is 11.6. The number of anilines is 2. The lowest BCUT2D eigenvalue weighted by Gasteiger charge is -2.34. The number of benzene rings is 2. The average Bonchev–Trinajstić information content (AvgIpc) is 3.20. The van der Waals surface area contributed by atoms with Crippen molar-refractivity contribution in [3.8, 4) is 11.8 Å². The quantitative estimate of drug-likeness (QED) is 0.610. The van der Waals surface area contributed by atoms with Gasteiger partial charge >= 0.3 is 0 Å². The van der Waals surface area contributed by atoms with E-state index in [9.17, 15) is 23.6 Å². The number of halogens is 2. The van der Waals surface area contributed by atoms with E-state index in [4.69, 9.17) is 4.74 Å². The number of alkyl halides is 2. The monoisotopic (exact) mass is 465 g/mol. The first-order valence-corrected chi connectivity index (χ1v) is 10.4. The van der Waals surface area contributed by atoms with Crippen LogP contribution in [0.4, 0.5) is 20.2 Å². The summed E-state index contributed by atoms with van der Waals surface area (Å²) in [5, 5.41) is 16.2. The van der Waals surface area contributed by atoms with E-state index in [2.05, 4.69) is 10.4 Å².